The van der Waals surface area contributed by atoms with Crippen LogP contribution in [0.1, 0.15) is 55.6 Å². The second kappa shape index (κ2) is 11.3. The second-order valence-corrected chi connectivity index (χ2v) is 11.2. The summed E-state index contributed by atoms with van der Waals surface area (Å²) < 4.78 is 0. The average molecular weight is 504 g/mol. The molecule has 180 valence electrons. The highest BCUT2D eigenvalue weighted by Crippen LogP contribution is 2.34. The van der Waals surface area contributed by atoms with Gasteiger partial charge in [-0.2, -0.15) is 11.3 Å². The summed E-state index contributed by atoms with van der Waals surface area (Å²) in [6, 6.07) is 12.8. The van der Waals surface area contributed by atoms with Crippen molar-refractivity contribution in [3.8, 4) is 11.1 Å². The third kappa shape index (κ3) is 6.27. The zero-order valence-corrected chi connectivity index (χ0v) is 21.2. The van der Waals surface area contributed by atoms with Gasteiger partial charge < -0.3 is 0 Å². The summed E-state index contributed by atoms with van der Waals surface area (Å²) in [6.45, 7) is 0. The van der Waals surface area contributed by atoms with Gasteiger partial charge in [0.2, 0.25) is 0 Å². The van der Waals surface area contributed by atoms with E-state index in [9.17, 15) is 9.59 Å². The van der Waals surface area contributed by atoms with Gasteiger partial charge in [-0.15, -0.1) is 0 Å². The second-order valence-electron chi connectivity index (χ2n) is 9.40. The van der Waals surface area contributed by atoms with Crippen molar-refractivity contribution in [2.24, 2.45) is 11.8 Å². The average Bonchev–Trinajstić information content (AvgIpc) is 3.50. The first-order valence-corrected chi connectivity index (χ1v) is 14.1. The Morgan fingerprint density at radius 2 is 1.86 bits per heavy atom. The summed E-state index contributed by atoms with van der Waals surface area (Å²) >= 11 is 2.67. The maximum Gasteiger partial charge on any atom is 0.290 e. The van der Waals surface area contributed by atoms with Crippen LogP contribution in [0.4, 0.5) is 4.79 Å². The smallest absolute Gasteiger partial charge is 0.282 e. The zero-order chi connectivity index (χ0) is 24.0. The first-order chi connectivity index (χ1) is 17.1. The summed E-state index contributed by atoms with van der Waals surface area (Å²) in [4.78, 5) is 32.6. The lowest BCUT2D eigenvalue weighted by Crippen LogP contribution is -2.18. The van der Waals surface area contributed by atoms with Crippen LogP contribution in [0.2, 0.25) is 0 Å². The molecule has 2 aromatic heterocycles. The van der Waals surface area contributed by atoms with Gasteiger partial charge in [0.25, 0.3) is 11.1 Å². The number of hydrogen-bond donors (Lipinski definition) is 1. The van der Waals surface area contributed by atoms with Crippen LogP contribution in [0.3, 0.4) is 0 Å². The Balaban J connectivity index is 1.09. The third-order valence-electron chi connectivity index (χ3n) is 6.99. The molecule has 1 aromatic carbocycles. The molecule has 0 unspecified atom stereocenters. The summed E-state index contributed by atoms with van der Waals surface area (Å²) in [5.74, 6) is 1.89. The molecule has 35 heavy (non-hydrogen) atoms. The fourth-order valence-corrected chi connectivity index (χ4v) is 6.47. The fourth-order valence-electron chi connectivity index (χ4n) is 5.15. The Morgan fingerprint density at radius 3 is 2.63 bits per heavy atom. The van der Waals surface area contributed by atoms with Crippen molar-refractivity contribution < 1.29 is 9.59 Å². The number of carbonyl (C=O) groups excluding carboxylic acids is 2. The number of amides is 2. The zero-order valence-electron chi connectivity index (χ0n) is 19.6. The molecule has 5 rings (SSSR count). The molecular weight excluding hydrogens is 474 g/mol. The molecule has 1 N–H and O–H groups in total. The predicted octanol–water partition coefficient (Wildman–Crippen LogP) is 6.90. The molecule has 3 aromatic rings. The minimum atomic E-state index is -0.353. The van der Waals surface area contributed by atoms with Gasteiger partial charge in [0.15, 0.2) is 0 Å². The van der Waals surface area contributed by atoms with Crippen LogP contribution in [0.25, 0.3) is 17.2 Å². The van der Waals surface area contributed by atoms with Crippen LogP contribution in [0.15, 0.2) is 58.3 Å². The SMILES string of the molecule is O=C1NC(=O)/C(=C/c2ccnc(CC3CCC(CCCc4ccccc4-c4ccsc4)CC3)n2)S1. The first-order valence-electron chi connectivity index (χ1n) is 12.3. The number of benzene rings is 1. The molecule has 1 aliphatic heterocycles. The Kier molecular flexibility index (Phi) is 7.74. The Morgan fingerprint density at radius 1 is 1.03 bits per heavy atom. The van der Waals surface area contributed by atoms with Crippen molar-refractivity contribution in [2.75, 3.05) is 0 Å². The predicted molar refractivity (Wildman–Crippen MR) is 143 cm³/mol. The third-order valence-corrected chi connectivity index (χ3v) is 8.49. The molecule has 1 saturated heterocycles. The molecule has 5 nitrogen and oxygen atoms in total. The lowest BCUT2D eigenvalue weighted by atomic mass is 9.78. The number of imide groups is 1. The maximum absolute atomic E-state index is 11.8. The number of hydrogen-bond acceptors (Lipinski definition) is 6. The van der Waals surface area contributed by atoms with E-state index < -0.39 is 0 Å². The number of aryl methyl sites for hydroxylation is 1. The van der Waals surface area contributed by atoms with E-state index in [1.807, 2.05) is 0 Å². The lowest BCUT2D eigenvalue weighted by molar-refractivity contribution is -0.115. The number of aromatic nitrogens is 2. The Labute approximate surface area is 214 Å². The van der Waals surface area contributed by atoms with Crippen molar-refractivity contribution in [3.63, 3.8) is 0 Å². The molecule has 0 bridgehead atoms. The van der Waals surface area contributed by atoms with Gasteiger partial charge >= 0.3 is 0 Å². The fraction of sp³-hybridized carbons (Fsp3) is 0.357. The van der Waals surface area contributed by atoms with E-state index in [1.54, 1.807) is 29.7 Å². The number of carbonyl (C=O) groups is 2. The van der Waals surface area contributed by atoms with Crippen LogP contribution in [0.5, 0.6) is 0 Å². The van der Waals surface area contributed by atoms with Gasteiger partial charge in [-0.1, -0.05) is 43.5 Å². The monoisotopic (exact) mass is 503 g/mol. The summed E-state index contributed by atoms with van der Waals surface area (Å²) in [6.07, 6.45) is 13.0. The van der Waals surface area contributed by atoms with E-state index in [1.165, 1.54) is 55.2 Å². The van der Waals surface area contributed by atoms with Crippen LogP contribution >= 0.6 is 23.1 Å². The molecular formula is C28H29N3O2S2. The van der Waals surface area contributed by atoms with Crippen LogP contribution in [-0.2, 0) is 17.6 Å². The highest BCUT2D eigenvalue weighted by Gasteiger charge is 2.25. The van der Waals surface area contributed by atoms with Crippen LogP contribution in [0, 0.1) is 11.8 Å². The van der Waals surface area contributed by atoms with Crippen LogP contribution < -0.4 is 5.32 Å². The highest BCUT2D eigenvalue weighted by atomic mass is 32.2. The highest BCUT2D eigenvalue weighted by molar-refractivity contribution is 8.18. The van der Waals surface area contributed by atoms with E-state index in [0.717, 1.165) is 36.3 Å². The van der Waals surface area contributed by atoms with Gasteiger partial charge in [0.1, 0.15) is 5.82 Å². The molecule has 1 aliphatic carbocycles. The van der Waals surface area contributed by atoms with Gasteiger partial charge in [0, 0.05) is 12.6 Å². The van der Waals surface area contributed by atoms with E-state index >= 15 is 0 Å². The lowest BCUT2D eigenvalue weighted by Gasteiger charge is -2.28. The maximum atomic E-state index is 11.8. The van der Waals surface area contributed by atoms with E-state index in [-0.39, 0.29) is 11.1 Å². The van der Waals surface area contributed by atoms with Gasteiger partial charge in [-0.3, -0.25) is 14.9 Å². The number of thioether (sulfide) groups is 1. The molecule has 0 atom stereocenters. The molecule has 3 heterocycles. The van der Waals surface area contributed by atoms with Gasteiger partial charge in [-0.05, 0) is 94.9 Å². The molecule has 1 saturated carbocycles. The molecule has 0 spiro atoms. The Hall–Kier alpha value is -2.77. The van der Waals surface area contributed by atoms with Crippen molar-refractivity contribution in [2.45, 2.75) is 51.4 Å². The molecule has 2 amide bonds. The molecule has 7 heteroatoms. The van der Waals surface area contributed by atoms with Crippen molar-refractivity contribution >= 4 is 40.3 Å². The van der Waals surface area contributed by atoms with Crippen molar-refractivity contribution in [1.82, 2.24) is 15.3 Å². The standard InChI is InChI=1S/C28H29N3O2S2/c32-27-25(35-28(33)31-27)17-23-12-14-29-26(30-23)16-20-10-8-19(9-11-20)4-3-6-21-5-1-2-7-24(21)22-13-15-34-18-22/h1-2,5,7,12-15,17-20H,3-4,6,8-11,16H2,(H,31,32,33)/b25-17-. The minimum Gasteiger partial charge on any atom is -0.282 e. The quantitative estimate of drug-likeness (QED) is 0.339. The topological polar surface area (TPSA) is 72.0 Å². The van der Waals surface area contributed by atoms with Crippen LogP contribution in [-0.4, -0.2) is 21.1 Å². The summed E-state index contributed by atoms with van der Waals surface area (Å²) in [5.41, 5.74) is 4.87. The van der Waals surface area contributed by atoms with E-state index in [0.29, 0.717) is 16.5 Å². The normalized spacial score (nSPS) is 21.4. The Bertz CT molecular complexity index is 1210. The van der Waals surface area contributed by atoms with Crippen molar-refractivity contribution in [1.29, 1.82) is 0 Å². The van der Waals surface area contributed by atoms with Gasteiger partial charge in [-0.25, -0.2) is 9.97 Å². The molecule has 0 radical (unpaired) electrons. The van der Waals surface area contributed by atoms with E-state index in [2.05, 4.69) is 56.4 Å². The number of nitrogens with one attached hydrogen (secondary N) is 1. The van der Waals surface area contributed by atoms with Gasteiger partial charge in [0.05, 0.1) is 10.6 Å². The minimum absolute atomic E-state index is 0.334. The number of nitrogens with zero attached hydrogens (tertiary/aromatic N) is 2. The number of thiophene rings is 1. The largest absolute Gasteiger partial charge is 0.290 e. The molecule has 2 fully saturated rings. The number of rotatable bonds is 8. The van der Waals surface area contributed by atoms with Crippen molar-refractivity contribution in [3.05, 3.63) is 75.3 Å². The molecule has 2 aliphatic rings. The van der Waals surface area contributed by atoms with E-state index in [4.69, 9.17) is 0 Å². The summed E-state index contributed by atoms with van der Waals surface area (Å²) in [5, 5.41) is 6.33. The first kappa shape index (κ1) is 23.9. The summed E-state index contributed by atoms with van der Waals surface area (Å²) in [7, 11) is 0.